The Labute approximate surface area is 425 Å². The van der Waals surface area contributed by atoms with Crippen molar-refractivity contribution in [1.29, 1.82) is 0 Å². The van der Waals surface area contributed by atoms with Gasteiger partial charge in [-0.25, -0.2) is 4.68 Å². The van der Waals surface area contributed by atoms with Gasteiger partial charge in [-0.15, -0.1) is 5.10 Å². The Morgan fingerprint density at radius 1 is 0.629 bits per heavy atom. The van der Waals surface area contributed by atoms with Gasteiger partial charge in [0.15, 0.2) is 12.0 Å². The topological polar surface area (TPSA) is 232 Å². The van der Waals surface area contributed by atoms with E-state index in [1.807, 2.05) is 0 Å². The van der Waals surface area contributed by atoms with Crippen molar-refractivity contribution in [3.63, 3.8) is 0 Å². The first-order valence-electron chi connectivity index (χ1n) is 27.8. The maximum atomic E-state index is 13.9. The third-order valence-electron chi connectivity index (χ3n) is 13.1. The predicted molar refractivity (Wildman–Crippen MR) is 277 cm³/mol. The average molecular weight is 1010 g/mol. The summed E-state index contributed by atoms with van der Waals surface area (Å²) >= 11 is 1.29. The van der Waals surface area contributed by atoms with Crippen LogP contribution in [0.25, 0.3) is 0 Å². The normalized spacial score (nSPS) is 18.9. The zero-order valence-electron chi connectivity index (χ0n) is 43.7. The molecule has 0 saturated carbocycles. The van der Waals surface area contributed by atoms with E-state index in [2.05, 4.69) is 41.7 Å². The molecule has 0 bridgehead atoms. The Bertz CT molecular complexity index is 1490. The van der Waals surface area contributed by atoms with Crippen molar-refractivity contribution in [2.75, 3.05) is 30.0 Å². The number of rotatable bonds is 45. The highest BCUT2D eigenvalue weighted by atomic mass is 32.2. The van der Waals surface area contributed by atoms with E-state index >= 15 is 0 Å². The zero-order chi connectivity index (χ0) is 51.0. The summed E-state index contributed by atoms with van der Waals surface area (Å²) in [5.41, 5.74) is 0. The molecule has 0 spiro atoms. The van der Waals surface area contributed by atoms with Crippen molar-refractivity contribution in [2.45, 2.75) is 275 Å². The molecule has 1 saturated heterocycles. The molecule has 1 aromatic rings. The highest BCUT2D eigenvalue weighted by Gasteiger charge is 2.45. The molecule has 1 aliphatic heterocycles. The SMILES string of the molecule is CCCCCCCCCCCCC(=O)N[C@H](CSC[C@@H](COC(=O)CCCCCCCCCCCC)OC(=O)CCCCCCCCCCCC)C(=O)Nc1cn(C2OC(CO)C(O)C(O)C2O)nn1. The van der Waals surface area contributed by atoms with Crippen molar-refractivity contribution in [2.24, 2.45) is 0 Å². The molecule has 2 amide bonds. The van der Waals surface area contributed by atoms with Gasteiger partial charge in [0.05, 0.1) is 12.8 Å². The molecule has 6 N–H and O–H groups in total. The number of nitrogens with one attached hydrogen (secondary N) is 2. The van der Waals surface area contributed by atoms with E-state index in [4.69, 9.17) is 14.2 Å². The van der Waals surface area contributed by atoms with E-state index in [9.17, 15) is 39.6 Å². The summed E-state index contributed by atoms with van der Waals surface area (Å²) in [4.78, 5) is 53.1. The van der Waals surface area contributed by atoms with E-state index in [-0.39, 0.29) is 61.0 Å². The van der Waals surface area contributed by atoms with Crippen LogP contribution in [0.1, 0.15) is 239 Å². The number of unbranched alkanes of at least 4 members (excludes halogenated alkanes) is 27. The van der Waals surface area contributed by atoms with Gasteiger partial charge in [-0.2, -0.15) is 11.8 Å². The van der Waals surface area contributed by atoms with Crippen molar-refractivity contribution in [3.05, 3.63) is 6.20 Å². The fraction of sp³-hybridized carbons (Fsp3) is 0.887. The number of thioether (sulfide) groups is 1. The highest BCUT2D eigenvalue weighted by Crippen LogP contribution is 2.28. The second-order valence-electron chi connectivity index (χ2n) is 19.5. The number of nitrogens with zero attached hydrogens (tertiary/aromatic N) is 3. The predicted octanol–water partition coefficient (Wildman–Crippen LogP) is 9.79. The van der Waals surface area contributed by atoms with Crippen LogP contribution in [0.3, 0.4) is 0 Å². The lowest BCUT2D eigenvalue weighted by atomic mass is 9.98. The molecule has 70 heavy (non-hydrogen) atoms. The summed E-state index contributed by atoms with van der Waals surface area (Å²) in [5, 5.41) is 54.2. The standard InChI is InChI=1S/C53H97N5O11S/c1-4-7-10-13-16-19-22-25-28-31-34-46(60)54-43(52(66)55-45-37-58(57-56-45)53-51(65)50(64)49(63)44(38-59)69-53)41-70-40-42(68-48(62)36-33-30-27-24-21-18-15-12-9-6-3)39-67-47(61)35-32-29-26-23-20-17-14-11-8-5-2/h37,42-44,49-51,53,59,63-65H,4-36,38-41H2,1-3H3,(H,54,60)(H,55,66)/t42-,43-,44?,49?,50?,51?,53?/m1/s1. The van der Waals surface area contributed by atoms with Gasteiger partial charge in [0.1, 0.15) is 43.2 Å². The monoisotopic (exact) mass is 1010 g/mol. The van der Waals surface area contributed by atoms with Crippen LogP contribution < -0.4 is 10.6 Å². The number of carbonyl (C=O) groups excluding carboxylic acids is 4. The number of esters is 2. The van der Waals surface area contributed by atoms with Crippen LogP contribution in [0.4, 0.5) is 5.82 Å². The van der Waals surface area contributed by atoms with Crippen molar-refractivity contribution >= 4 is 41.3 Å². The minimum absolute atomic E-state index is 0.0333. The molecule has 0 aromatic carbocycles. The lowest BCUT2D eigenvalue weighted by molar-refractivity contribution is -0.254. The van der Waals surface area contributed by atoms with Gasteiger partial charge in [-0.3, -0.25) is 19.2 Å². The maximum Gasteiger partial charge on any atom is 0.306 e. The molecule has 0 aliphatic carbocycles. The van der Waals surface area contributed by atoms with Crippen LogP contribution in [0.5, 0.6) is 0 Å². The number of aliphatic hydroxyl groups excluding tert-OH is 4. The summed E-state index contributed by atoms with van der Waals surface area (Å²) < 4.78 is 18.2. The Morgan fingerprint density at radius 2 is 1.09 bits per heavy atom. The number of hydrogen-bond acceptors (Lipinski definition) is 14. The first kappa shape index (κ1) is 63.3. The van der Waals surface area contributed by atoms with Gasteiger partial charge in [0.25, 0.3) is 0 Å². The third-order valence-corrected chi connectivity index (χ3v) is 14.3. The lowest BCUT2D eigenvalue weighted by Crippen LogP contribution is -2.56. The Kier molecular flexibility index (Phi) is 37.6. The average Bonchev–Trinajstić information content (AvgIpc) is 3.81. The quantitative estimate of drug-likeness (QED) is 0.0264. The third kappa shape index (κ3) is 29.6. The molecular formula is C53H97N5O11S. The zero-order valence-corrected chi connectivity index (χ0v) is 44.5. The molecule has 5 unspecified atom stereocenters. The molecule has 1 fully saturated rings. The molecule has 1 aromatic heterocycles. The van der Waals surface area contributed by atoms with Gasteiger partial charge in [-0.05, 0) is 19.3 Å². The molecule has 406 valence electrons. The number of amides is 2. The first-order chi connectivity index (χ1) is 34.0. The smallest absolute Gasteiger partial charge is 0.306 e. The largest absolute Gasteiger partial charge is 0.462 e. The van der Waals surface area contributed by atoms with Crippen molar-refractivity contribution in [3.8, 4) is 0 Å². The van der Waals surface area contributed by atoms with Crippen LogP contribution in [0, 0.1) is 0 Å². The summed E-state index contributed by atoms with van der Waals surface area (Å²) in [6.45, 7) is 5.91. The summed E-state index contributed by atoms with van der Waals surface area (Å²) in [5.74, 6) is -1.32. The second-order valence-corrected chi connectivity index (χ2v) is 20.6. The number of aromatic nitrogens is 3. The molecule has 7 atom stereocenters. The summed E-state index contributed by atoms with van der Waals surface area (Å²) in [7, 11) is 0. The van der Waals surface area contributed by atoms with Crippen LogP contribution >= 0.6 is 11.8 Å². The van der Waals surface area contributed by atoms with Crippen molar-refractivity contribution in [1.82, 2.24) is 20.3 Å². The first-order valence-corrected chi connectivity index (χ1v) is 28.9. The van der Waals surface area contributed by atoms with Crippen LogP contribution in [0.15, 0.2) is 6.20 Å². The van der Waals surface area contributed by atoms with E-state index in [1.165, 1.54) is 134 Å². The Balaban J connectivity index is 2.04. The molecule has 16 nitrogen and oxygen atoms in total. The van der Waals surface area contributed by atoms with E-state index in [0.29, 0.717) is 12.8 Å². The minimum atomic E-state index is -1.64. The summed E-state index contributed by atoms with van der Waals surface area (Å²) in [6.07, 6.45) is 28.1. The van der Waals surface area contributed by atoms with E-state index < -0.39 is 55.3 Å². The molecule has 17 heteroatoms. The summed E-state index contributed by atoms with van der Waals surface area (Å²) in [6, 6.07) is -1.04. The highest BCUT2D eigenvalue weighted by molar-refractivity contribution is 7.99. The van der Waals surface area contributed by atoms with Gasteiger partial charge in [-0.1, -0.05) is 199 Å². The molecular weight excluding hydrogens is 915 g/mol. The molecule has 0 radical (unpaired) electrons. The van der Waals surface area contributed by atoms with Crippen LogP contribution in [-0.4, -0.2) is 120 Å². The van der Waals surface area contributed by atoms with Gasteiger partial charge in [0.2, 0.25) is 11.8 Å². The maximum absolute atomic E-state index is 13.9. The minimum Gasteiger partial charge on any atom is -0.462 e. The molecule has 2 rings (SSSR count). The fourth-order valence-corrected chi connectivity index (χ4v) is 9.68. The number of anilines is 1. The number of ether oxygens (including phenoxy) is 3. The fourth-order valence-electron chi connectivity index (χ4n) is 8.64. The Hall–Kier alpha value is -2.83. The lowest BCUT2D eigenvalue weighted by Gasteiger charge is -2.39. The van der Waals surface area contributed by atoms with Gasteiger partial charge in [0, 0.05) is 30.8 Å². The second kappa shape index (κ2) is 41.6. The molecule has 2 heterocycles. The van der Waals surface area contributed by atoms with Crippen LogP contribution in [0.2, 0.25) is 0 Å². The van der Waals surface area contributed by atoms with Crippen LogP contribution in [-0.2, 0) is 33.4 Å². The van der Waals surface area contributed by atoms with E-state index in [0.717, 1.165) is 68.9 Å². The Morgan fingerprint density at radius 3 is 1.57 bits per heavy atom. The van der Waals surface area contributed by atoms with E-state index in [1.54, 1.807) is 0 Å². The number of hydrogen-bond donors (Lipinski definition) is 6. The number of carbonyl (C=O) groups is 4. The van der Waals surface area contributed by atoms with Gasteiger partial charge >= 0.3 is 11.9 Å². The van der Waals surface area contributed by atoms with Gasteiger partial charge < -0.3 is 45.3 Å². The van der Waals surface area contributed by atoms with Crippen molar-refractivity contribution < 1.29 is 53.8 Å². The molecule has 1 aliphatic rings. The number of aliphatic hydroxyl groups is 4.